The molecule has 1 aromatic carbocycles. The van der Waals surface area contributed by atoms with Crippen LogP contribution in [0.2, 0.25) is 0 Å². The molecule has 0 radical (unpaired) electrons. The molecule has 2 nitrogen and oxygen atoms in total. The number of rotatable bonds is 2. The van der Waals surface area contributed by atoms with E-state index >= 15 is 0 Å². The zero-order valence-electron chi connectivity index (χ0n) is 7.83. The average Bonchev–Trinajstić information content (AvgIpc) is 2.20. The molecule has 0 saturated carbocycles. The van der Waals surface area contributed by atoms with Crippen LogP contribution in [0.1, 0.15) is 22.3 Å². The molecule has 0 amide bonds. The molecule has 1 N–H and O–H groups in total. The summed E-state index contributed by atoms with van der Waals surface area (Å²) in [7, 11) is 0. The van der Waals surface area contributed by atoms with Crippen LogP contribution in [-0.4, -0.2) is 16.8 Å². The first-order valence-electron chi connectivity index (χ1n) is 4.28. The van der Waals surface area contributed by atoms with Gasteiger partial charge >= 0.3 is 5.97 Å². The van der Waals surface area contributed by atoms with E-state index in [1.54, 1.807) is 0 Å². The van der Waals surface area contributed by atoms with Crippen molar-refractivity contribution in [1.29, 1.82) is 0 Å². The van der Waals surface area contributed by atoms with Crippen molar-refractivity contribution in [2.75, 3.05) is 5.75 Å². The van der Waals surface area contributed by atoms with E-state index in [4.69, 9.17) is 5.11 Å². The first-order valence-corrected chi connectivity index (χ1v) is 4.91. The maximum absolute atomic E-state index is 13.3. The number of carboxylic acids is 1. The van der Waals surface area contributed by atoms with Crippen LogP contribution in [0.5, 0.6) is 0 Å². The number of carbonyl (C=O) groups is 1. The van der Waals surface area contributed by atoms with Gasteiger partial charge in [0.15, 0.2) is 0 Å². The van der Waals surface area contributed by atoms with E-state index in [-0.39, 0.29) is 11.1 Å². The highest BCUT2D eigenvalue weighted by Gasteiger charge is 2.11. The summed E-state index contributed by atoms with van der Waals surface area (Å²) in [4.78, 5) is 10.8. The summed E-state index contributed by atoms with van der Waals surface area (Å²) in [5.74, 6) is 3.94. The fourth-order valence-corrected chi connectivity index (χ4v) is 1.15. The summed E-state index contributed by atoms with van der Waals surface area (Å²) in [5, 5.41) is 8.80. The Hall–Kier alpha value is -1.47. The van der Waals surface area contributed by atoms with Crippen molar-refractivity contribution in [2.45, 2.75) is 6.42 Å². The lowest BCUT2D eigenvalue weighted by Gasteiger charge is -1.99. The van der Waals surface area contributed by atoms with Gasteiger partial charge in [0.05, 0.1) is 11.1 Å². The van der Waals surface area contributed by atoms with Crippen LogP contribution in [-0.2, 0) is 0 Å². The zero-order valence-corrected chi connectivity index (χ0v) is 8.72. The lowest BCUT2D eigenvalue weighted by atomic mass is 10.1. The molecular weight excluding hydrogens is 215 g/mol. The summed E-state index contributed by atoms with van der Waals surface area (Å²) in [6.45, 7) is 0. The molecule has 0 aliphatic rings. The van der Waals surface area contributed by atoms with Gasteiger partial charge in [-0.25, -0.2) is 9.18 Å². The van der Waals surface area contributed by atoms with E-state index in [1.165, 1.54) is 18.2 Å². The number of hydrogen-bond donors (Lipinski definition) is 2. The molecule has 0 aliphatic heterocycles. The maximum atomic E-state index is 13.3. The molecule has 0 unspecified atom stereocenters. The predicted octanol–water partition coefficient (Wildman–Crippen LogP) is 2.20. The predicted molar refractivity (Wildman–Crippen MR) is 58.7 cm³/mol. The smallest absolute Gasteiger partial charge is 0.337 e. The third-order valence-electron chi connectivity index (χ3n) is 1.69. The molecule has 1 rings (SSSR count). The van der Waals surface area contributed by atoms with Gasteiger partial charge in [-0.3, -0.25) is 0 Å². The van der Waals surface area contributed by atoms with E-state index in [9.17, 15) is 9.18 Å². The largest absolute Gasteiger partial charge is 0.478 e. The molecular formula is C11H9FO2S. The fourth-order valence-electron chi connectivity index (χ4n) is 1.04. The van der Waals surface area contributed by atoms with Crippen molar-refractivity contribution in [3.8, 4) is 11.8 Å². The van der Waals surface area contributed by atoms with Gasteiger partial charge in [0.25, 0.3) is 0 Å². The maximum Gasteiger partial charge on any atom is 0.337 e. The van der Waals surface area contributed by atoms with Crippen molar-refractivity contribution >= 4 is 18.6 Å². The number of thiol groups is 1. The van der Waals surface area contributed by atoms with Crippen LogP contribution in [0.25, 0.3) is 0 Å². The topological polar surface area (TPSA) is 37.3 Å². The van der Waals surface area contributed by atoms with Crippen LogP contribution in [0.4, 0.5) is 4.39 Å². The highest BCUT2D eigenvalue weighted by atomic mass is 32.1. The lowest BCUT2D eigenvalue weighted by Crippen LogP contribution is -2.01. The molecule has 0 fully saturated rings. The molecule has 15 heavy (non-hydrogen) atoms. The normalized spacial score (nSPS) is 9.20. The van der Waals surface area contributed by atoms with Crippen molar-refractivity contribution in [1.82, 2.24) is 0 Å². The highest BCUT2D eigenvalue weighted by molar-refractivity contribution is 7.80. The molecule has 0 aromatic heterocycles. The Bertz CT molecular complexity index is 432. The molecule has 0 heterocycles. The second-order valence-electron chi connectivity index (χ2n) is 2.74. The molecule has 0 saturated heterocycles. The second kappa shape index (κ2) is 5.42. The third-order valence-corrected chi connectivity index (χ3v) is 1.92. The second-order valence-corrected chi connectivity index (χ2v) is 3.19. The van der Waals surface area contributed by atoms with Gasteiger partial charge in [0.1, 0.15) is 5.82 Å². The number of halogens is 1. The third kappa shape index (κ3) is 3.00. The molecule has 1 aromatic rings. The van der Waals surface area contributed by atoms with Gasteiger partial charge in [-0.1, -0.05) is 17.9 Å². The van der Waals surface area contributed by atoms with Crippen LogP contribution >= 0.6 is 12.6 Å². The van der Waals surface area contributed by atoms with Crippen molar-refractivity contribution in [2.24, 2.45) is 0 Å². The Labute approximate surface area is 92.5 Å². The molecule has 0 bridgehead atoms. The molecule has 4 heteroatoms. The molecule has 0 atom stereocenters. The van der Waals surface area contributed by atoms with E-state index in [1.807, 2.05) is 0 Å². The summed E-state index contributed by atoms with van der Waals surface area (Å²) in [6, 6.07) is 3.87. The van der Waals surface area contributed by atoms with Crippen molar-refractivity contribution in [3.63, 3.8) is 0 Å². The highest BCUT2D eigenvalue weighted by Crippen LogP contribution is 2.12. The Morgan fingerprint density at radius 2 is 2.27 bits per heavy atom. The molecule has 0 aliphatic carbocycles. The zero-order chi connectivity index (χ0) is 11.3. The van der Waals surface area contributed by atoms with Gasteiger partial charge in [-0.15, -0.1) is 0 Å². The molecule has 78 valence electrons. The molecule has 0 spiro atoms. The minimum Gasteiger partial charge on any atom is -0.478 e. The standard InChI is InChI=1S/C11H9FO2S/c12-10-6-3-5-9(11(13)14)8(10)4-1-2-7-15/h3,5-6,15H,2,7H2,(H,13,14). The average molecular weight is 224 g/mol. The quantitative estimate of drug-likeness (QED) is 0.597. The van der Waals surface area contributed by atoms with E-state index < -0.39 is 11.8 Å². The van der Waals surface area contributed by atoms with Crippen LogP contribution in [0.3, 0.4) is 0 Å². The van der Waals surface area contributed by atoms with Crippen LogP contribution in [0.15, 0.2) is 18.2 Å². The van der Waals surface area contributed by atoms with E-state index in [2.05, 4.69) is 24.5 Å². The number of benzene rings is 1. The van der Waals surface area contributed by atoms with E-state index in [0.717, 1.165) is 0 Å². The van der Waals surface area contributed by atoms with Gasteiger partial charge in [0.2, 0.25) is 0 Å². The monoisotopic (exact) mass is 224 g/mol. The summed E-state index contributed by atoms with van der Waals surface area (Å²) in [5.41, 5.74) is -0.173. The van der Waals surface area contributed by atoms with E-state index in [0.29, 0.717) is 12.2 Å². The lowest BCUT2D eigenvalue weighted by molar-refractivity contribution is 0.0696. The van der Waals surface area contributed by atoms with Crippen LogP contribution in [0, 0.1) is 17.7 Å². The Morgan fingerprint density at radius 3 is 2.87 bits per heavy atom. The Balaban J connectivity index is 3.15. The Kier molecular flexibility index (Phi) is 4.19. The van der Waals surface area contributed by atoms with Crippen molar-refractivity contribution < 1.29 is 14.3 Å². The Morgan fingerprint density at radius 1 is 1.53 bits per heavy atom. The van der Waals surface area contributed by atoms with Gasteiger partial charge < -0.3 is 5.11 Å². The first-order chi connectivity index (χ1) is 7.16. The van der Waals surface area contributed by atoms with Crippen LogP contribution < -0.4 is 0 Å². The number of aromatic carboxylic acids is 1. The SMILES string of the molecule is O=C(O)c1cccc(F)c1C#CCCS. The van der Waals surface area contributed by atoms with Crippen molar-refractivity contribution in [3.05, 3.63) is 35.1 Å². The minimum absolute atomic E-state index is 0.0632. The van der Waals surface area contributed by atoms with Gasteiger partial charge in [-0.2, -0.15) is 12.6 Å². The minimum atomic E-state index is -1.18. The fraction of sp³-hybridized carbons (Fsp3) is 0.182. The summed E-state index contributed by atoms with van der Waals surface area (Å²) >= 11 is 3.95. The van der Waals surface area contributed by atoms with Gasteiger partial charge in [0, 0.05) is 12.2 Å². The van der Waals surface area contributed by atoms with Gasteiger partial charge in [-0.05, 0) is 12.1 Å². The number of carboxylic acid groups (broad SMARTS) is 1. The first kappa shape index (κ1) is 11.6. The summed E-state index contributed by atoms with van der Waals surface area (Å²) in [6.07, 6.45) is 0.497. The summed E-state index contributed by atoms with van der Waals surface area (Å²) < 4.78 is 13.3. The number of hydrogen-bond acceptors (Lipinski definition) is 2.